The first-order valence-electron chi connectivity index (χ1n) is 10.4. The third-order valence-electron chi connectivity index (χ3n) is 4.59. The smallest absolute Gasteiger partial charge is 0.280 e. The Morgan fingerprint density at radius 1 is 1.12 bits per heavy atom. The highest BCUT2D eigenvalue weighted by Gasteiger charge is 2.24. The number of aromatic nitrogens is 4. The van der Waals surface area contributed by atoms with Crippen LogP contribution in [0.15, 0.2) is 70.4 Å². The number of nitro benzene ring substituents is 1. The predicted molar refractivity (Wildman–Crippen MR) is 127 cm³/mol. The number of rotatable bonds is 7. The maximum Gasteiger partial charge on any atom is 0.280 e. The van der Waals surface area contributed by atoms with Crippen LogP contribution in [0.2, 0.25) is 0 Å². The van der Waals surface area contributed by atoms with E-state index in [1.54, 1.807) is 22.8 Å². The molecule has 4 aromatic rings. The van der Waals surface area contributed by atoms with E-state index in [0.29, 0.717) is 22.4 Å². The van der Waals surface area contributed by atoms with Crippen molar-refractivity contribution in [3.8, 4) is 17.1 Å². The van der Waals surface area contributed by atoms with Crippen molar-refractivity contribution >= 4 is 23.4 Å². The van der Waals surface area contributed by atoms with Crippen LogP contribution in [-0.4, -0.2) is 36.1 Å². The van der Waals surface area contributed by atoms with Gasteiger partial charge in [0.2, 0.25) is 5.89 Å². The number of carbonyl (C=O) groups excluding carboxylic acids is 1. The zero-order valence-electron chi connectivity index (χ0n) is 18.8. The van der Waals surface area contributed by atoms with Crippen LogP contribution in [0, 0.1) is 10.1 Å². The molecule has 0 fully saturated rings. The lowest BCUT2D eigenvalue weighted by atomic mass is 10.1. The highest BCUT2D eigenvalue weighted by Crippen LogP contribution is 2.33. The van der Waals surface area contributed by atoms with E-state index in [-0.39, 0.29) is 23.0 Å². The van der Waals surface area contributed by atoms with Crippen LogP contribution >= 0.6 is 11.8 Å². The Bertz CT molecular complexity index is 1330. The van der Waals surface area contributed by atoms with Crippen molar-refractivity contribution in [3.05, 3.63) is 82.6 Å². The second-order valence-corrected chi connectivity index (χ2v) is 9.31. The lowest BCUT2D eigenvalue weighted by Crippen LogP contribution is -2.40. The number of oxazole rings is 1. The van der Waals surface area contributed by atoms with Gasteiger partial charge in [-0.3, -0.25) is 19.5 Å². The first kappa shape index (κ1) is 23.2. The minimum Gasteiger partial charge on any atom is -0.447 e. The predicted octanol–water partition coefficient (Wildman–Crippen LogP) is 4.65. The third-order valence-corrected chi connectivity index (χ3v) is 5.50. The molecule has 2 aromatic carbocycles. The standard InChI is InChI=1S/C23H22N6O4S/c1-23(2,3)25-21(30)17-13-33-19(24-17)14-34-22-27-26-20(28(22)15-9-5-4-6-10-15)16-11-7-8-12-18(16)29(31)32/h4-13H,14H2,1-3H3,(H,25,30). The number of benzene rings is 2. The zero-order chi connectivity index (χ0) is 24.3. The summed E-state index contributed by atoms with van der Waals surface area (Å²) in [5, 5.41) is 23.5. The molecule has 10 nitrogen and oxygen atoms in total. The van der Waals surface area contributed by atoms with Gasteiger partial charge in [0, 0.05) is 17.3 Å². The number of para-hydroxylation sites is 2. The molecular formula is C23H22N6O4S. The summed E-state index contributed by atoms with van der Waals surface area (Å²) in [6.45, 7) is 5.65. The summed E-state index contributed by atoms with van der Waals surface area (Å²) in [5.41, 5.74) is 0.836. The lowest BCUT2D eigenvalue weighted by Gasteiger charge is -2.19. The maximum atomic E-state index is 12.3. The first-order chi connectivity index (χ1) is 16.2. The molecule has 0 atom stereocenters. The summed E-state index contributed by atoms with van der Waals surface area (Å²) in [6, 6.07) is 15.7. The number of hydrogen-bond donors (Lipinski definition) is 1. The average Bonchev–Trinajstić information content (AvgIpc) is 3.44. The van der Waals surface area contributed by atoms with Crippen molar-refractivity contribution in [2.45, 2.75) is 37.2 Å². The van der Waals surface area contributed by atoms with Gasteiger partial charge in [-0.25, -0.2) is 4.98 Å². The Kier molecular flexibility index (Phi) is 6.46. The average molecular weight is 479 g/mol. The Morgan fingerprint density at radius 3 is 2.53 bits per heavy atom. The molecule has 174 valence electrons. The molecule has 0 aliphatic carbocycles. The van der Waals surface area contributed by atoms with E-state index >= 15 is 0 Å². The molecule has 1 amide bonds. The van der Waals surface area contributed by atoms with E-state index in [0.717, 1.165) is 5.69 Å². The quantitative estimate of drug-likeness (QED) is 0.231. The molecule has 4 rings (SSSR count). The van der Waals surface area contributed by atoms with Crippen LogP contribution in [0.3, 0.4) is 0 Å². The number of nitro groups is 1. The van der Waals surface area contributed by atoms with Crippen molar-refractivity contribution in [3.63, 3.8) is 0 Å². The lowest BCUT2D eigenvalue weighted by molar-refractivity contribution is -0.384. The summed E-state index contributed by atoms with van der Waals surface area (Å²) in [6.07, 6.45) is 1.32. The third kappa shape index (κ3) is 5.15. The van der Waals surface area contributed by atoms with Crippen LogP contribution in [0.4, 0.5) is 5.69 Å². The molecule has 1 N–H and O–H groups in total. The molecule has 11 heteroatoms. The monoisotopic (exact) mass is 478 g/mol. The Balaban J connectivity index is 1.64. The number of nitrogens with zero attached hydrogens (tertiary/aromatic N) is 5. The van der Waals surface area contributed by atoms with Crippen molar-refractivity contribution in [2.75, 3.05) is 0 Å². The van der Waals surface area contributed by atoms with Crippen molar-refractivity contribution in [1.29, 1.82) is 0 Å². The van der Waals surface area contributed by atoms with Crippen molar-refractivity contribution in [2.24, 2.45) is 0 Å². The van der Waals surface area contributed by atoms with Crippen LogP contribution in [0.25, 0.3) is 17.1 Å². The van der Waals surface area contributed by atoms with E-state index in [2.05, 4.69) is 20.5 Å². The van der Waals surface area contributed by atoms with Gasteiger partial charge in [-0.2, -0.15) is 0 Å². The fourth-order valence-electron chi connectivity index (χ4n) is 3.18. The topological polar surface area (TPSA) is 129 Å². The van der Waals surface area contributed by atoms with Gasteiger partial charge >= 0.3 is 0 Å². The summed E-state index contributed by atoms with van der Waals surface area (Å²) in [5.74, 6) is 0.654. The minimum atomic E-state index is -0.441. The number of nitrogens with one attached hydrogen (secondary N) is 1. The molecule has 2 aromatic heterocycles. The van der Waals surface area contributed by atoms with E-state index in [9.17, 15) is 14.9 Å². The van der Waals surface area contributed by atoms with E-state index in [1.807, 2.05) is 51.1 Å². The van der Waals surface area contributed by atoms with Crippen molar-refractivity contribution in [1.82, 2.24) is 25.1 Å². The van der Waals surface area contributed by atoms with Crippen LogP contribution < -0.4 is 5.32 Å². The van der Waals surface area contributed by atoms with Gasteiger partial charge < -0.3 is 9.73 Å². The molecule has 0 radical (unpaired) electrons. The fraction of sp³-hybridized carbons (Fsp3) is 0.217. The largest absolute Gasteiger partial charge is 0.447 e. The molecule has 0 saturated heterocycles. The first-order valence-corrected chi connectivity index (χ1v) is 11.4. The zero-order valence-corrected chi connectivity index (χ0v) is 19.6. The van der Waals surface area contributed by atoms with E-state index in [1.165, 1.54) is 24.1 Å². The SMILES string of the molecule is CC(C)(C)NC(=O)c1coc(CSc2nnc(-c3ccccc3[N+](=O)[O-])n2-c2ccccc2)n1. The number of thioether (sulfide) groups is 1. The van der Waals surface area contributed by atoms with Gasteiger partial charge in [-0.15, -0.1) is 10.2 Å². The van der Waals surface area contributed by atoms with Crippen LogP contribution in [0.1, 0.15) is 37.2 Å². The Labute approximate surface area is 199 Å². The minimum absolute atomic E-state index is 0.0640. The van der Waals surface area contributed by atoms with Gasteiger partial charge in [-0.05, 0) is 39.0 Å². The molecule has 0 bridgehead atoms. The Morgan fingerprint density at radius 2 is 1.82 bits per heavy atom. The normalized spacial score (nSPS) is 11.4. The molecule has 0 saturated carbocycles. The van der Waals surface area contributed by atoms with Gasteiger partial charge in [0.1, 0.15) is 6.26 Å². The number of carbonyl (C=O) groups is 1. The highest BCUT2D eigenvalue weighted by atomic mass is 32.2. The molecule has 2 heterocycles. The molecular weight excluding hydrogens is 456 g/mol. The Hall–Kier alpha value is -3.99. The van der Waals surface area contributed by atoms with E-state index in [4.69, 9.17) is 4.42 Å². The van der Waals surface area contributed by atoms with Crippen molar-refractivity contribution < 1.29 is 14.1 Å². The second kappa shape index (κ2) is 9.48. The van der Waals surface area contributed by atoms with Crippen LogP contribution in [-0.2, 0) is 5.75 Å². The molecule has 0 aliphatic rings. The summed E-state index contributed by atoms with van der Waals surface area (Å²) < 4.78 is 7.22. The molecule has 0 spiro atoms. The number of hydrogen-bond acceptors (Lipinski definition) is 8. The fourth-order valence-corrected chi connectivity index (χ4v) is 3.99. The molecule has 34 heavy (non-hydrogen) atoms. The maximum absolute atomic E-state index is 12.3. The summed E-state index contributed by atoms with van der Waals surface area (Å²) in [7, 11) is 0. The second-order valence-electron chi connectivity index (χ2n) is 8.37. The summed E-state index contributed by atoms with van der Waals surface area (Å²) in [4.78, 5) is 27.7. The highest BCUT2D eigenvalue weighted by molar-refractivity contribution is 7.98. The molecule has 0 aliphatic heterocycles. The number of amides is 1. The van der Waals surface area contributed by atoms with E-state index < -0.39 is 10.5 Å². The van der Waals surface area contributed by atoms with Crippen LogP contribution in [0.5, 0.6) is 0 Å². The van der Waals surface area contributed by atoms with Gasteiger partial charge in [0.25, 0.3) is 11.6 Å². The summed E-state index contributed by atoms with van der Waals surface area (Å²) >= 11 is 1.29. The van der Waals surface area contributed by atoms with Gasteiger partial charge in [0.05, 0.1) is 16.2 Å². The van der Waals surface area contributed by atoms with Gasteiger partial charge in [-0.1, -0.05) is 42.1 Å². The molecule has 0 unspecified atom stereocenters. The van der Waals surface area contributed by atoms with Gasteiger partial charge in [0.15, 0.2) is 16.7 Å².